The molecule has 1 amide bonds. The summed E-state index contributed by atoms with van der Waals surface area (Å²) >= 11 is 0. The van der Waals surface area contributed by atoms with Gasteiger partial charge in [0.25, 0.3) is 5.92 Å². The number of amides is 1. The number of rotatable bonds is 3. The van der Waals surface area contributed by atoms with E-state index in [0.717, 1.165) is 0 Å². The minimum Gasteiger partial charge on any atom is -0.497 e. The average molecular weight is 688 g/mol. The van der Waals surface area contributed by atoms with Crippen LogP contribution in [0.25, 0.3) is 11.0 Å². The van der Waals surface area contributed by atoms with Crippen molar-refractivity contribution in [2.24, 2.45) is 23.2 Å². The number of carbonyl (C=O) groups is 3. The number of hydrogen-bond acceptors (Lipinski definition) is 9. The molecular weight excluding hydrogens is 636 g/mol. The van der Waals surface area contributed by atoms with Crippen LogP contribution in [0.2, 0.25) is 0 Å². The topological polar surface area (TPSA) is 117 Å². The molecule has 1 aromatic carbocycles. The van der Waals surface area contributed by atoms with Crippen LogP contribution < -0.4 is 9.47 Å². The predicted molar refractivity (Wildman–Crippen MR) is 178 cm³/mol. The number of fused-ring (bicyclic) bond motifs is 5. The summed E-state index contributed by atoms with van der Waals surface area (Å²) in [6.07, 6.45) is 0.787. The molecule has 2 fully saturated rings. The molecule has 0 spiro atoms. The van der Waals surface area contributed by atoms with E-state index in [1.54, 1.807) is 39.0 Å². The van der Waals surface area contributed by atoms with Crippen molar-refractivity contribution in [3.8, 4) is 11.6 Å². The van der Waals surface area contributed by atoms with E-state index in [1.807, 2.05) is 34.6 Å². The Kier molecular flexibility index (Phi) is 9.95. The standard InChI is InChI=1S/C37H51F2N3O7/c1-10-23-27-20-42(29(23)33(45)49-35(5,6)7)32(44)24(34(2,3)4)18-28(43)48-36(8)19-21(36)13-11-12-16-37(38,39)30-31(47-27)41-26-17-22(46-9)14-15-25(26)40-30/h14-15,17,21,23-24,27,29H,10-13,16,18-20H2,1-9H3/t21-,23-,24-,27+,29+,36-/m1/s1. The highest BCUT2D eigenvalue weighted by molar-refractivity contribution is 5.90. The second-order valence-electron chi connectivity index (χ2n) is 16.2. The quantitative estimate of drug-likeness (QED) is 0.314. The van der Waals surface area contributed by atoms with Gasteiger partial charge in [-0.2, -0.15) is 8.78 Å². The Balaban J connectivity index is 1.63. The molecule has 10 nitrogen and oxygen atoms in total. The van der Waals surface area contributed by atoms with Gasteiger partial charge in [-0.05, 0) is 70.9 Å². The van der Waals surface area contributed by atoms with Gasteiger partial charge in [0.1, 0.15) is 29.1 Å². The summed E-state index contributed by atoms with van der Waals surface area (Å²) in [5.41, 5.74) is -2.27. The molecule has 3 aliphatic rings. The smallest absolute Gasteiger partial charge is 0.329 e. The normalized spacial score (nSPS) is 29.5. The van der Waals surface area contributed by atoms with Crippen molar-refractivity contribution in [3.63, 3.8) is 0 Å². The van der Waals surface area contributed by atoms with Crippen LogP contribution in [-0.2, 0) is 29.8 Å². The molecule has 2 aromatic rings. The molecule has 1 saturated carbocycles. The third-order valence-corrected chi connectivity index (χ3v) is 10.2. The zero-order valence-corrected chi connectivity index (χ0v) is 30.2. The van der Waals surface area contributed by atoms with Gasteiger partial charge in [0, 0.05) is 24.3 Å². The Labute approximate surface area is 287 Å². The predicted octanol–water partition coefficient (Wildman–Crippen LogP) is 7.00. The van der Waals surface area contributed by atoms with E-state index in [4.69, 9.17) is 18.9 Å². The first-order valence-electron chi connectivity index (χ1n) is 17.4. The molecule has 1 aliphatic carbocycles. The van der Waals surface area contributed by atoms with E-state index < -0.39 is 76.5 Å². The number of halogens is 2. The van der Waals surface area contributed by atoms with E-state index in [0.29, 0.717) is 36.9 Å². The zero-order valence-electron chi connectivity index (χ0n) is 30.2. The van der Waals surface area contributed by atoms with Gasteiger partial charge in [0.05, 0.1) is 37.0 Å². The number of hydrogen-bond donors (Lipinski definition) is 0. The summed E-state index contributed by atoms with van der Waals surface area (Å²) in [6, 6.07) is 3.72. The summed E-state index contributed by atoms with van der Waals surface area (Å²) in [5, 5.41) is 0. The fourth-order valence-electron chi connectivity index (χ4n) is 7.24. The molecule has 270 valence electrons. The summed E-state index contributed by atoms with van der Waals surface area (Å²) in [5.74, 6) is -6.25. The maximum Gasteiger partial charge on any atom is 0.329 e. The average Bonchev–Trinajstić information content (AvgIpc) is 3.47. The molecule has 6 atom stereocenters. The van der Waals surface area contributed by atoms with Crippen LogP contribution in [-0.4, -0.2) is 69.7 Å². The largest absolute Gasteiger partial charge is 0.497 e. The van der Waals surface area contributed by atoms with Gasteiger partial charge < -0.3 is 23.8 Å². The molecule has 1 saturated heterocycles. The molecular formula is C37H51F2N3O7. The van der Waals surface area contributed by atoms with Crippen molar-refractivity contribution in [1.82, 2.24) is 14.9 Å². The summed E-state index contributed by atoms with van der Waals surface area (Å²) in [7, 11) is 1.50. The molecule has 1 aromatic heterocycles. The van der Waals surface area contributed by atoms with Crippen molar-refractivity contribution >= 4 is 28.9 Å². The van der Waals surface area contributed by atoms with Gasteiger partial charge in [-0.15, -0.1) is 0 Å². The summed E-state index contributed by atoms with van der Waals surface area (Å²) in [4.78, 5) is 52.2. The highest BCUT2D eigenvalue weighted by Gasteiger charge is 2.55. The SMILES string of the molecule is CC[C@@H]1[C@@H]2CN(C(=O)[C@H](C(C)(C)C)CC(=O)O[C@]3(C)C[C@H]3CCCCC(F)(F)c3nc4ccc(OC)cc4nc3O2)[C@@H]1C(=O)OC(C)(C)C. The summed E-state index contributed by atoms with van der Waals surface area (Å²) < 4.78 is 55.9. The maximum atomic E-state index is 16.2. The highest BCUT2D eigenvalue weighted by atomic mass is 19.3. The second kappa shape index (κ2) is 13.3. The number of ether oxygens (including phenoxy) is 4. The number of esters is 2. The lowest BCUT2D eigenvalue weighted by molar-refractivity contribution is -0.167. The van der Waals surface area contributed by atoms with E-state index >= 15 is 8.78 Å². The van der Waals surface area contributed by atoms with Gasteiger partial charge in [-0.1, -0.05) is 34.1 Å². The zero-order chi connectivity index (χ0) is 36.1. The van der Waals surface area contributed by atoms with Crippen LogP contribution in [0.3, 0.4) is 0 Å². The maximum absolute atomic E-state index is 16.2. The number of alkyl halides is 2. The van der Waals surface area contributed by atoms with Crippen molar-refractivity contribution < 1.29 is 42.1 Å². The Morgan fingerprint density at radius 2 is 1.80 bits per heavy atom. The molecule has 0 unspecified atom stereocenters. The van der Waals surface area contributed by atoms with Crippen LogP contribution in [0.15, 0.2) is 18.2 Å². The summed E-state index contributed by atoms with van der Waals surface area (Å²) in [6.45, 7) is 14.4. The molecule has 5 rings (SSSR count). The highest BCUT2D eigenvalue weighted by Crippen LogP contribution is 2.51. The Hall–Kier alpha value is -3.57. The molecule has 12 heteroatoms. The monoisotopic (exact) mass is 687 g/mol. The van der Waals surface area contributed by atoms with Gasteiger partial charge in [0.15, 0.2) is 5.69 Å². The van der Waals surface area contributed by atoms with Crippen LogP contribution in [0.5, 0.6) is 11.6 Å². The van der Waals surface area contributed by atoms with Crippen molar-refractivity contribution in [2.45, 2.75) is 130 Å². The lowest BCUT2D eigenvalue weighted by Gasteiger charge is -2.35. The fraction of sp³-hybridized carbons (Fsp3) is 0.703. The first-order valence-corrected chi connectivity index (χ1v) is 17.4. The van der Waals surface area contributed by atoms with Crippen molar-refractivity contribution in [1.29, 1.82) is 0 Å². The third kappa shape index (κ3) is 7.93. The van der Waals surface area contributed by atoms with Crippen LogP contribution >= 0.6 is 0 Å². The number of carbonyl (C=O) groups excluding carboxylic acids is 3. The first kappa shape index (κ1) is 36.7. The molecule has 2 aliphatic heterocycles. The van der Waals surface area contributed by atoms with Gasteiger partial charge in [-0.3, -0.25) is 9.59 Å². The lowest BCUT2D eigenvalue weighted by atomic mass is 9.77. The number of benzene rings is 1. The second-order valence-corrected chi connectivity index (χ2v) is 16.2. The number of aromatic nitrogens is 2. The van der Waals surface area contributed by atoms with Gasteiger partial charge in [-0.25, -0.2) is 14.8 Å². The van der Waals surface area contributed by atoms with Crippen LogP contribution in [0.1, 0.15) is 106 Å². The number of nitrogens with zero attached hydrogens (tertiary/aromatic N) is 3. The van der Waals surface area contributed by atoms with Gasteiger partial charge in [0.2, 0.25) is 11.8 Å². The fourth-order valence-corrected chi connectivity index (χ4v) is 7.24. The van der Waals surface area contributed by atoms with Crippen LogP contribution in [0, 0.1) is 23.2 Å². The Morgan fingerprint density at radius 1 is 1.08 bits per heavy atom. The van der Waals surface area contributed by atoms with Gasteiger partial charge >= 0.3 is 11.9 Å². The molecule has 49 heavy (non-hydrogen) atoms. The van der Waals surface area contributed by atoms with Crippen molar-refractivity contribution in [3.05, 3.63) is 23.9 Å². The van der Waals surface area contributed by atoms with E-state index in [1.165, 1.54) is 12.0 Å². The molecule has 2 bridgehead atoms. The third-order valence-electron chi connectivity index (χ3n) is 10.2. The van der Waals surface area contributed by atoms with E-state index in [9.17, 15) is 14.4 Å². The number of methoxy groups -OCH3 is 1. The Bertz CT molecular complexity index is 1590. The molecule has 0 N–H and O–H groups in total. The van der Waals surface area contributed by atoms with Crippen molar-refractivity contribution in [2.75, 3.05) is 13.7 Å². The van der Waals surface area contributed by atoms with E-state index in [2.05, 4.69) is 9.97 Å². The van der Waals surface area contributed by atoms with E-state index in [-0.39, 0.29) is 36.7 Å². The van der Waals surface area contributed by atoms with Crippen LogP contribution in [0.4, 0.5) is 8.78 Å². The molecule has 0 radical (unpaired) electrons. The first-order chi connectivity index (χ1) is 22.8. The lowest BCUT2D eigenvalue weighted by Crippen LogP contribution is -2.50. The minimum atomic E-state index is -3.39. The Morgan fingerprint density at radius 3 is 2.43 bits per heavy atom. The minimum absolute atomic E-state index is 0.0447. The molecule has 3 heterocycles.